The normalized spacial score (nSPS) is 13.4. The second-order valence-corrected chi connectivity index (χ2v) is 9.53. The zero-order valence-corrected chi connectivity index (χ0v) is 18.0. The molecular formula is C17H35O6PS. The van der Waals surface area contributed by atoms with Crippen molar-refractivity contribution in [3.8, 4) is 0 Å². The molecule has 1 atom stereocenters. The molecule has 8 heteroatoms. The number of rotatable bonds is 16. The van der Waals surface area contributed by atoms with Gasteiger partial charge in [-0.05, 0) is 18.8 Å². The first-order chi connectivity index (χ1) is 11.9. The summed E-state index contributed by atoms with van der Waals surface area (Å²) in [4.78, 5) is 12.1. The maximum atomic E-state index is 12.1. The lowest BCUT2D eigenvalue weighted by Crippen LogP contribution is -2.21. The Balaban J connectivity index is 4.39. The van der Waals surface area contributed by atoms with Gasteiger partial charge in [0.15, 0.2) is 5.12 Å². The number of phosphoric ester groups is 1. The minimum Gasteiger partial charge on any atom is -0.380 e. The van der Waals surface area contributed by atoms with E-state index in [1.807, 2.05) is 0 Å². The highest BCUT2D eigenvalue weighted by molar-refractivity contribution is 8.14. The van der Waals surface area contributed by atoms with E-state index in [0.717, 1.165) is 19.3 Å². The van der Waals surface area contributed by atoms with Gasteiger partial charge in [-0.25, -0.2) is 4.57 Å². The van der Waals surface area contributed by atoms with Gasteiger partial charge in [-0.1, -0.05) is 51.8 Å². The third-order valence-electron chi connectivity index (χ3n) is 3.54. The molecule has 0 aliphatic carbocycles. The van der Waals surface area contributed by atoms with Gasteiger partial charge in [0, 0.05) is 27.2 Å². The van der Waals surface area contributed by atoms with Crippen LogP contribution in [0.3, 0.4) is 0 Å². The number of hydrogen-bond donors (Lipinski definition) is 0. The van der Waals surface area contributed by atoms with E-state index < -0.39 is 7.82 Å². The first-order valence-electron chi connectivity index (χ1n) is 9.00. The summed E-state index contributed by atoms with van der Waals surface area (Å²) in [6, 6.07) is 0. The van der Waals surface area contributed by atoms with Crippen molar-refractivity contribution in [1.82, 2.24) is 0 Å². The number of phosphoric acid groups is 1. The number of carbonyl (C=O) groups excluding carboxylic acids is 1. The number of carbonyl (C=O) groups is 1. The molecule has 0 aromatic carbocycles. The van der Waals surface area contributed by atoms with Gasteiger partial charge in [0.05, 0.1) is 18.5 Å². The van der Waals surface area contributed by atoms with Gasteiger partial charge in [-0.15, -0.1) is 0 Å². The smallest absolute Gasteiger partial charge is 0.380 e. The van der Waals surface area contributed by atoms with Gasteiger partial charge < -0.3 is 4.74 Å². The lowest BCUT2D eigenvalue weighted by molar-refractivity contribution is -0.111. The van der Waals surface area contributed by atoms with E-state index in [-0.39, 0.29) is 17.0 Å². The van der Waals surface area contributed by atoms with Crippen molar-refractivity contribution in [3.63, 3.8) is 0 Å². The van der Waals surface area contributed by atoms with Crippen LogP contribution in [0.5, 0.6) is 0 Å². The van der Waals surface area contributed by atoms with E-state index in [1.54, 1.807) is 0 Å². The molecule has 0 unspecified atom stereocenters. The lowest BCUT2D eigenvalue weighted by atomic mass is 10.1. The Bertz CT molecular complexity index is 383. The van der Waals surface area contributed by atoms with Crippen LogP contribution >= 0.6 is 19.6 Å². The summed E-state index contributed by atoms with van der Waals surface area (Å²) in [6.07, 6.45) is 5.89. The quantitative estimate of drug-likeness (QED) is 0.266. The van der Waals surface area contributed by atoms with Gasteiger partial charge in [0.1, 0.15) is 0 Å². The summed E-state index contributed by atoms with van der Waals surface area (Å²) in [7, 11) is -1.01. The molecule has 0 N–H and O–H groups in total. The fourth-order valence-electron chi connectivity index (χ4n) is 1.97. The van der Waals surface area contributed by atoms with Crippen LogP contribution in [0.15, 0.2) is 0 Å². The summed E-state index contributed by atoms with van der Waals surface area (Å²) >= 11 is 1.20. The largest absolute Gasteiger partial charge is 0.474 e. The van der Waals surface area contributed by atoms with Crippen molar-refractivity contribution in [3.05, 3.63) is 0 Å². The monoisotopic (exact) mass is 398 g/mol. The van der Waals surface area contributed by atoms with E-state index in [9.17, 15) is 9.36 Å². The van der Waals surface area contributed by atoms with Crippen LogP contribution in [-0.4, -0.2) is 44.4 Å². The van der Waals surface area contributed by atoms with E-state index in [1.165, 1.54) is 38.8 Å². The Labute approximate surface area is 157 Å². The number of thioether (sulfide) groups is 1. The summed E-state index contributed by atoms with van der Waals surface area (Å²) in [5, 5.41) is -0.133. The molecule has 0 radical (unpaired) electrons. The van der Waals surface area contributed by atoms with Crippen molar-refractivity contribution < 1.29 is 27.7 Å². The summed E-state index contributed by atoms with van der Waals surface area (Å²) in [5.74, 6) is 0.483. The average Bonchev–Trinajstić information content (AvgIpc) is 2.60. The Morgan fingerprint density at radius 2 is 1.76 bits per heavy atom. The Kier molecular flexibility index (Phi) is 15.2. The predicted octanol–water partition coefficient (Wildman–Crippen LogP) is 5.07. The van der Waals surface area contributed by atoms with Crippen LogP contribution in [-0.2, 0) is 27.7 Å². The third kappa shape index (κ3) is 13.9. The molecule has 25 heavy (non-hydrogen) atoms. The maximum absolute atomic E-state index is 12.1. The lowest BCUT2D eigenvalue weighted by Gasteiger charge is -2.19. The molecule has 0 saturated carbocycles. The van der Waals surface area contributed by atoms with Crippen molar-refractivity contribution in [2.24, 2.45) is 5.92 Å². The number of unbranched alkanes of at least 4 members (excludes halogenated alkanes) is 3. The minimum absolute atomic E-state index is 0.0754. The molecule has 0 fully saturated rings. The van der Waals surface area contributed by atoms with Crippen LogP contribution in [0.4, 0.5) is 0 Å². The third-order valence-corrected chi connectivity index (χ3v) is 5.97. The molecule has 0 bridgehead atoms. The Morgan fingerprint density at radius 3 is 2.32 bits per heavy atom. The molecule has 0 aromatic rings. The first-order valence-corrected chi connectivity index (χ1v) is 11.3. The highest BCUT2D eigenvalue weighted by atomic mass is 32.2. The molecule has 0 aliphatic heterocycles. The number of hydrogen-bond acceptors (Lipinski definition) is 7. The van der Waals surface area contributed by atoms with Crippen LogP contribution in [0, 0.1) is 5.92 Å². The first kappa shape index (κ1) is 25.1. The van der Waals surface area contributed by atoms with Crippen LogP contribution in [0.2, 0.25) is 0 Å². The van der Waals surface area contributed by atoms with E-state index in [0.29, 0.717) is 25.6 Å². The summed E-state index contributed by atoms with van der Waals surface area (Å²) in [5.41, 5.74) is 0. The van der Waals surface area contributed by atoms with Crippen LogP contribution in [0.1, 0.15) is 59.3 Å². The Morgan fingerprint density at radius 1 is 1.08 bits per heavy atom. The van der Waals surface area contributed by atoms with E-state index >= 15 is 0 Å². The topological polar surface area (TPSA) is 71.1 Å². The van der Waals surface area contributed by atoms with Crippen molar-refractivity contribution >= 4 is 24.7 Å². The fourth-order valence-corrected chi connectivity index (χ4v) is 3.70. The second-order valence-electron chi connectivity index (χ2n) is 6.29. The molecule has 0 aliphatic rings. The fraction of sp³-hybridized carbons (Fsp3) is 0.941. The van der Waals surface area contributed by atoms with E-state index in [2.05, 4.69) is 20.8 Å². The highest BCUT2D eigenvalue weighted by Crippen LogP contribution is 2.47. The standard InChI is InChI=1S/C17H35O6PS/c1-6-7-8-9-12-22-13-16(14-23-24(19,20-4)21-5)25-17(18)11-10-15(2)3/h15-16H,6-14H2,1-5H3/t16-/m1/s1. The second kappa shape index (κ2) is 15.2. The molecule has 0 saturated heterocycles. The molecular weight excluding hydrogens is 363 g/mol. The molecule has 0 spiro atoms. The molecule has 0 heterocycles. The molecule has 0 aromatic heterocycles. The van der Waals surface area contributed by atoms with Gasteiger partial charge in [0.2, 0.25) is 0 Å². The van der Waals surface area contributed by atoms with Gasteiger partial charge in [-0.3, -0.25) is 18.4 Å². The van der Waals surface area contributed by atoms with Gasteiger partial charge >= 0.3 is 7.82 Å². The SMILES string of the molecule is CCCCCCOC[C@H](COP(=O)(OC)OC)SC(=O)CCC(C)C. The maximum Gasteiger partial charge on any atom is 0.474 e. The highest BCUT2D eigenvalue weighted by Gasteiger charge is 2.26. The van der Waals surface area contributed by atoms with Crippen molar-refractivity contribution in [2.75, 3.05) is 34.0 Å². The minimum atomic E-state index is -3.54. The molecule has 150 valence electrons. The zero-order valence-electron chi connectivity index (χ0n) is 16.3. The van der Waals surface area contributed by atoms with Gasteiger partial charge in [0.25, 0.3) is 0 Å². The van der Waals surface area contributed by atoms with Gasteiger partial charge in [-0.2, -0.15) is 0 Å². The van der Waals surface area contributed by atoms with E-state index in [4.69, 9.17) is 18.3 Å². The Hall–Kier alpha value is 0.0900. The van der Waals surface area contributed by atoms with Crippen molar-refractivity contribution in [2.45, 2.75) is 64.5 Å². The molecule has 6 nitrogen and oxygen atoms in total. The van der Waals surface area contributed by atoms with Crippen LogP contribution < -0.4 is 0 Å². The number of ether oxygens (including phenoxy) is 1. The predicted molar refractivity (Wildman–Crippen MR) is 103 cm³/mol. The average molecular weight is 399 g/mol. The van der Waals surface area contributed by atoms with Crippen molar-refractivity contribution in [1.29, 1.82) is 0 Å². The summed E-state index contributed by atoms with van der Waals surface area (Å²) in [6.45, 7) is 7.45. The van der Waals surface area contributed by atoms with Crippen LogP contribution in [0.25, 0.3) is 0 Å². The summed E-state index contributed by atoms with van der Waals surface area (Å²) < 4.78 is 32.5. The zero-order chi connectivity index (χ0) is 19.1. The molecule has 0 amide bonds. The molecule has 0 rings (SSSR count).